The third-order valence-corrected chi connectivity index (χ3v) is 4.56. The van der Waals surface area contributed by atoms with Gasteiger partial charge < -0.3 is 9.64 Å². The zero-order valence-electron chi connectivity index (χ0n) is 13.9. The van der Waals surface area contributed by atoms with E-state index < -0.39 is 0 Å². The Morgan fingerprint density at radius 3 is 2.45 bits per heavy atom. The molecule has 1 fully saturated rings. The molecule has 122 valence electrons. The van der Waals surface area contributed by atoms with E-state index in [-0.39, 0.29) is 29.3 Å². The van der Waals surface area contributed by atoms with Gasteiger partial charge in [-0.3, -0.25) is 4.79 Å². The Bertz CT molecular complexity index is 508. The van der Waals surface area contributed by atoms with Gasteiger partial charge in [0.1, 0.15) is 11.9 Å². The van der Waals surface area contributed by atoms with Crippen LogP contribution in [0.15, 0.2) is 24.3 Å². The summed E-state index contributed by atoms with van der Waals surface area (Å²) in [6, 6.07) is 6.34. The van der Waals surface area contributed by atoms with Crippen LogP contribution in [-0.2, 0) is 9.53 Å². The molecule has 4 heteroatoms. The molecule has 0 spiro atoms. The Morgan fingerprint density at radius 2 is 1.91 bits per heavy atom. The molecule has 3 nitrogen and oxygen atoms in total. The molecular weight excluding hydrogens is 281 g/mol. The van der Waals surface area contributed by atoms with Crippen molar-refractivity contribution in [3.05, 3.63) is 35.6 Å². The Balaban J connectivity index is 2.19. The number of nitrogens with zero attached hydrogens (tertiary/aromatic N) is 1. The maximum Gasteiger partial charge on any atom is 0.226 e. The molecule has 0 saturated carbocycles. The molecule has 1 aliphatic rings. The van der Waals surface area contributed by atoms with Crippen molar-refractivity contribution in [3.63, 3.8) is 0 Å². The van der Waals surface area contributed by atoms with Crippen LogP contribution in [-0.4, -0.2) is 29.5 Å². The molecule has 1 aliphatic heterocycles. The van der Waals surface area contributed by atoms with Crippen LogP contribution in [0.2, 0.25) is 0 Å². The van der Waals surface area contributed by atoms with E-state index in [0.717, 1.165) is 18.4 Å². The van der Waals surface area contributed by atoms with Crippen LogP contribution in [0.4, 0.5) is 4.39 Å². The number of halogens is 1. The van der Waals surface area contributed by atoms with E-state index in [9.17, 15) is 9.18 Å². The highest BCUT2D eigenvalue weighted by atomic mass is 19.1. The first-order chi connectivity index (χ1) is 10.4. The van der Waals surface area contributed by atoms with Gasteiger partial charge in [0.25, 0.3) is 0 Å². The van der Waals surface area contributed by atoms with Crippen LogP contribution in [0.25, 0.3) is 0 Å². The molecular formula is C18H26FNO2. The fraction of sp³-hybridized carbons (Fsp3) is 0.611. The maximum atomic E-state index is 13.1. The molecule has 0 radical (unpaired) electrons. The van der Waals surface area contributed by atoms with Crippen LogP contribution >= 0.6 is 0 Å². The fourth-order valence-electron chi connectivity index (χ4n) is 2.97. The fourth-order valence-corrected chi connectivity index (χ4v) is 2.97. The average molecular weight is 307 g/mol. The van der Waals surface area contributed by atoms with Crippen LogP contribution in [0.5, 0.6) is 0 Å². The molecule has 1 aromatic carbocycles. The molecule has 1 saturated heterocycles. The zero-order chi connectivity index (χ0) is 16.3. The molecule has 1 amide bonds. The minimum atomic E-state index is -0.309. The second kappa shape index (κ2) is 6.78. The van der Waals surface area contributed by atoms with Gasteiger partial charge in [0.15, 0.2) is 0 Å². The highest BCUT2D eigenvalue weighted by Crippen LogP contribution is 2.32. The minimum Gasteiger partial charge on any atom is -0.369 e. The van der Waals surface area contributed by atoms with Crippen molar-refractivity contribution in [1.82, 2.24) is 4.90 Å². The van der Waals surface area contributed by atoms with E-state index in [4.69, 9.17) is 4.74 Å². The summed E-state index contributed by atoms with van der Waals surface area (Å²) in [5, 5.41) is 0. The number of hydrogen-bond acceptors (Lipinski definition) is 2. The van der Waals surface area contributed by atoms with Gasteiger partial charge >= 0.3 is 0 Å². The molecule has 0 N–H and O–H groups in total. The van der Waals surface area contributed by atoms with E-state index in [1.54, 1.807) is 12.1 Å². The van der Waals surface area contributed by atoms with Crippen molar-refractivity contribution < 1.29 is 13.9 Å². The van der Waals surface area contributed by atoms with Crippen molar-refractivity contribution in [2.45, 2.75) is 52.2 Å². The van der Waals surface area contributed by atoms with Gasteiger partial charge in [0.05, 0.1) is 18.7 Å². The van der Waals surface area contributed by atoms with Gasteiger partial charge in [-0.2, -0.15) is 0 Å². The van der Waals surface area contributed by atoms with E-state index >= 15 is 0 Å². The normalized spacial score (nSPS) is 21.2. The van der Waals surface area contributed by atoms with Crippen molar-refractivity contribution in [1.29, 1.82) is 0 Å². The summed E-state index contributed by atoms with van der Waals surface area (Å²) < 4.78 is 19.0. The summed E-state index contributed by atoms with van der Waals surface area (Å²) in [5.41, 5.74) is 0.607. The summed E-state index contributed by atoms with van der Waals surface area (Å²) in [6.45, 7) is 9.19. The molecule has 0 aromatic heterocycles. The smallest absolute Gasteiger partial charge is 0.226 e. The lowest BCUT2D eigenvalue weighted by atomic mass is 9.93. The van der Waals surface area contributed by atoms with Gasteiger partial charge in [-0.15, -0.1) is 0 Å². The Labute approximate surface area is 132 Å². The quantitative estimate of drug-likeness (QED) is 0.843. The number of carbonyl (C=O) groups is 1. The van der Waals surface area contributed by atoms with Gasteiger partial charge in [0, 0.05) is 5.92 Å². The van der Waals surface area contributed by atoms with Crippen molar-refractivity contribution in [3.8, 4) is 0 Å². The maximum absolute atomic E-state index is 13.1. The first-order valence-electron chi connectivity index (χ1n) is 8.07. The highest BCUT2D eigenvalue weighted by molar-refractivity contribution is 5.79. The van der Waals surface area contributed by atoms with Gasteiger partial charge in [-0.05, 0) is 44.4 Å². The molecule has 0 bridgehead atoms. The van der Waals surface area contributed by atoms with Gasteiger partial charge in [-0.1, -0.05) is 26.0 Å². The molecule has 22 heavy (non-hydrogen) atoms. The van der Waals surface area contributed by atoms with Gasteiger partial charge in [0.2, 0.25) is 5.91 Å². The van der Waals surface area contributed by atoms with Crippen molar-refractivity contribution in [2.24, 2.45) is 5.92 Å². The van der Waals surface area contributed by atoms with E-state index in [1.807, 2.05) is 18.7 Å². The molecule has 1 unspecified atom stereocenters. The second-order valence-corrected chi connectivity index (χ2v) is 6.63. The van der Waals surface area contributed by atoms with Crippen LogP contribution in [0.1, 0.15) is 52.2 Å². The minimum absolute atomic E-state index is 0.0613. The predicted molar refractivity (Wildman–Crippen MR) is 85.0 cm³/mol. The summed E-state index contributed by atoms with van der Waals surface area (Å²) in [4.78, 5) is 14.8. The number of rotatable bonds is 4. The SMILES string of the molecule is CCC(CC)C(=O)N1CC(c2ccc(F)cc2)OCC1(C)C. The first kappa shape index (κ1) is 16.9. The topological polar surface area (TPSA) is 29.5 Å². The van der Waals surface area contributed by atoms with Crippen LogP contribution in [0.3, 0.4) is 0 Å². The predicted octanol–water partition coefficient (Wildman–Crippen LogP) is 3.94. The van der Waals surface area contributed by atoms with E-state index in [2.05, 4.69) is 13.8 Å². The average Bonchev–Trinajstić information content (AvgIpc) is 2.49. The molecule has 2 rings (SSSR count). The molecule has 0 aliphatic carbocycles. The summed E-state index contributed by atoms with van der Waals surface area (Å²) in [7, 11) is 0. The number of amides is 1. The number of ether oxygens (including phenoxy) is 1. The number of morpholine rings is 1. The monoisotopic (exact) mass is 307 g/mol. The van der Waals surface area contributed by atoms with Crippen LogP contribution < -0.4 is 0 Å². The third kappa shape index (κ3) is 3.49. The highest BCUT2D eigenvalue weighted by Gasteiger charge is 2.40. The van der Waals surface area contributed by atoms with Crippen LogP contribution in [0, 0.1) is 11.7 Å². The third-order valence-electron chi connectivity index (χ3n) is 4.56. The lowest BCUT2D eigenvalue weighted by Crippen LogP contribution is -2.57. The summed E-state index contributed by atoms with van der Waals surface area (Å²) in [6.07, 6.45) is 1.51. The van der Waals surface area contributed by atoms with Crippen molar-refractivity contribution in [2.75, 3.05) is 13.2 Å². The largest absolute Gasteiger partial charge is 0.369 e. The molecule has 1 aromatic rings. The Morgan fingerprint density at radius 1 is 1.32 bits per heavy atom. The number of carbonyl (C=O) groups excluding carboxylic acids is 1. The Hall–Kier alpha value is -1.42. The summed E-state index contributed by atoms with van der Waals surface area (Å²) in [5.74, 6) is 0.00139. The van der Waals surface area contributed by atoms with E-state index in [0.29, 0.717) is 13.2 Å². The number of benzene rings is 1. The lowest BCUT2D eigenvalue weighted by Gasteiger charge is -2.46. The van der Waals surface area contributed by atoms with Gasteiger partial charge in [-0.25, -0.2) is 4.39 Å². The first-order valence-corrected chi connectivity index (χ1v) is 8.07. The molecule has 1 atom stereocenters. The molecule has 1 heterocycles. The Kier molecular flexibility index (Phi) is 5.22. The van der Waals surface area contributed by atoms with E-state index in [1.165, 1.54) is 12.1 Å². The number of hydrogen-bond donors (Lipinski definition) is 0. The van der Waals surface area contributed by atoms with Crippen molar-refractivity contribution >= 4 is 5.91 Å². The standard InChI is InChI=1S/C18H26FNO2/c1-5-13(6-2)17(21)20-11-16(22-12-18(20,3)4)14-7-9-15(19)10-8-14/h7-10,13,16H,5-6,11-12H2,1-4H3. The second-order valence-electron chi connectivity index (χ2n) is 6.63. The zero-order valence-corrected chi connectivity index (χ0v) is 13.9. The lowest BCUT2D eigenvalue weighted by molar-refractivity contribution is -0.159. The summed E-state index contributed by atoms with van der Waals surface area (Å²) >= 11 is 0.